The summed E-state index contributed by atoms with van der Waals surface area (Å²) in [6.07, 6.45) is 1.62. The standard InChI is InChI=1S/C30H33ClN4O3S2.ClH/c1-4-33(5-2)17-18-34(30-32-28-21(3)19-24(31)20-27(28)39-30)29(36)23-12-14-25(15-13-23)40(37,38)35-16-8-10-22-9-6-7-11-26(22)35;/h6-7,9,11-15,19-20H,4-5,8,10,16-18H2,1-3H3;1H. The molecule has 7 nitrogen and oxygen atoms in total. The smallest absolute Gasteiger partial charge is 0.264 e. The fourth-order valence-corrected chi connectivity index (χ4v) is 8.11. The predicted octanol–water partition coefficient (Wildman–Crippen LogP) is 6.81. The van der Waals surface area contributed by atoms with Crippen LogP contribution in [0.5, 0.6) is 0 Å². The quantitative estimate of drug-likeness (QED) is 0.203. The number of fused-ring (bicyclic) bond motifs is 2. The molecule has 2 heterocycles. The van der Waals surface area contributed by atoms with Gasteiger partial charge < -0.3 is 4.90 Å². The van der Waals surface area contributed by atoms with E-state index in [-0.39, 0.29) is 23.2 Å². The van der Waals surface area contributed by atoms with Gasteiger partial charge in [0, 0.05) is 30.2 Å². The maximum absolute atomic E-state index is 13.9. The number of halogens is 2. The molecule has 1 aromatic heterocycles. The molecule has 0 fully saturated rings. The molecule has 218 valence electrons. The third-order valence-corrected chi connectivity index (χ3v) is 10.5. The number of para-hydroxylation sites is 1. The van der Waals surface area contributed by atoms with E-state index in [4.69, 9.17) is 16.6 Å². The molecule has 1 amide bonds. The van der Waals surface area contributed by atoms with Crippen LogP contribution in [-0.4, -0.2) is 56.9 Å². The van der Waals surface area contributed by atoms with Crippen LogP contribution in [0.1, 0.15) is 41.8 Å². The number of thiazole rings is 1. The highest BCUT2D eigenvalue weighted by atomic mass is 35.5. The molecule has 0 atom stereocenters. The van der Waals surface area contributed by atoms with E-state index in [0.717, 1.165) is 53.0 Å². The molecule has 0 spiro atoms. The Kier molecular flexibility index (Phi) is 9.97. The highest BCUT2D eigenvalue weighted by Gasteiger charge is 2.29. The minimum atomic E-state index is -3.77. The number of carbonyl (C=O) groups excluding carboxylic acids is 1. The van der Waals surface area contributed by atoms with Crippen molar-refractivity contribution in [2.45, 2.75) is 38.5 Å². The minimum absolute atomic E-state index is 0. The fourth-order valence-electron chi connectivity index (χ4n) is 5.12. The van der Waals surface area contributed by atoms with Gasteiger partial charge in [-0.3, -0.25) is 14.0 Å². The molecular weight excluding hydrogens is 599 g/mol. The lowest BCUT2D eigenvalue weighted by molar-refractivity contribution is 0.0983. The van der Waals surface area contributed by atoms with Crippen molar-refractivity contribution in [3.63, 3.8) is 0 Å². The van der Waals surface area contributed by atoms with E-state index in [0.29, 0.717) is 35.4 Å². The van der Waals surface area contributed by atoms with E-state index < -0.39 is 10.0 Å². The molecule has 0 bridgehead atoms. The Morgan fingerprint density at radius 3 is 2.46 bits per heavy atom. The molecule has 0 unspecified atom stereocenters. The second-order valence-electron chi connectivity index (χ2n) is 9.88. The van der Waals surface area contributed by atoms with Gasteiger partial charge in [-0.15, -0.1) is 12.4 Å². The van der Waals surface area contributed by atoms with E-state index in [1.54, 1.807) is 17.0 Å². The van der Waals surface area contributed by atoms with Crippen molar-refractivity contribution >= 4 is 72.3 Å². The topological polar surface area (TPSA) is 73.8 Å². The number of rotatable bonds is 9. The lowest BCUT2D eigenvalue weighted by Gasteiger charge is -2.30. The monoisotopic (exact) mass is 632 g/mol. The number of hydrogen-bond acceptors (Lipinski definition) is 6. The van der Waals surface area contributed by atoms with Gasteiger partial charge in [-0.2, -0.15) is 0 Å². The highest BCUT2D eigenvalue weighted by molar-refractivity contribution is 7.92. The summed E-state index contributed by atoms with van der Waals surface area (Å²) < 4.78 is 29.6. The molecular formula is C30H34Cl2N4O3S2. The Hall–Kier alpha value is -2.69. The lowest BCUT2D eigenvalue weighted by atomic mass is 10.0. The number of aryl methyl sites for hydroxylation is 2. The molecule has 41 heavy (non-hydrogen) atoms. The van der Waals surface area contributed by atoms with E-state index in [2.05, 4.69) is 18.7 Å². The van der Waals surface area contributed by atoms with Crippen molar-refractivity contribution < 1.29 is 13.2 Å². The van der Waals surface area contributed by atoms with Gasteiger partial charge >= 0.3 is 0 Å². The maximum atomic E-state index is 13.9. The number of hydrogen-bond donors (Lipinski definition) is 0. The number of amides is 1. The molecule has 0 N–H and O–H groups in total. The molecule has 0 radical (unpaired) electrons. The number of benzene rings is 3. The molecule has 0 aliphatic carbocycles. The molecule has 0 saturated heterocycles. The van der Waals surface area contributed by atoms with E-state index >= 15 is 0 Å². The first kappa shape index (κ1) is 31.3. The van der Waals surface area contributed by atoms with Crippen molar-refractivity contribution in [3.8, 4) is 0 Å². The average Bonchev–Trinajstić information content (AvgIpc) is 3.39. The number of aromatic nitrogens is 1. The zero-order valence-corrected chi connectivity index (χ0v) is 26.5. The molecule has 4 aromatic rings. The van der Waals surface area contributed by atoms with E-state index in [9.17, 15) is 13.2 Å². The molecule has 0 saturated carbocycles. The number of nitrogens with zero attached hydrogens (tertiary/aromatic N) is 4. The van der Waals surface area contributed by atoms with Crippen molar-refractivity contribution in [2.75, 3.05) is 41.9 Å². The van der Waals surface area contributed by atoms with Crippen molar-refractivity contribution in [1.29, 1.82) is 0 Å². The number of sulfonamides is 1. The van der Waals surface area contributed by atoms with Crippen LogP contribution in [0.4, 0.5) is 10.8 Å². The van der Waals surface area contributed by atoms with Crippen molar-refractivity contribution in [1.82, 2.24) is 9.88 Å². The fraction of sp³-hybridized carbons (Fsp3) is 0.333. The van der Waals surface area contributed by atoms with Gasteiger partial charge in [-0.25, -0.2) is 13.4 Å². The summed E-state index contributed by atoms with van der Waals surface area (Å²) in [6.45, 7) is 9.47. The van der Waals surface area contributed by atoms with Crippen LogP contribution < -0.4 is 9.21 Å². The summed E-state index contributed by atoms with van der Waals surface area (Å²) >= 11 is 7.72. The van der Waals surface area contributed by atoms with Crippen LogP contribution in [-0.2, 0) is 16.4 Å². The van der Waals surface area contributed by atoms with E-state index in [1.807, 2.05) is 43.3 Å². The summed E-state index contributed by atoms with van der Waals surface area (Å²) in [6, 6.07) is 17.6. The maximum Gasteiger partial charge on any atom is 0.264 e. The lowest BCUT2D eigenvalue weighted by Crippen LogP contribution is -2.39. The minimum Gasteiger partial charge on any atom is -0.302 e. The Labute approximate surface area is 257 Å². The second-order valence-corrected chi connectivity index (χ2v) is 13.2. The van der Waals surface area contributed by atoms with Gasteiger partial charge in [0.1, 0.15) is 0 Å². The third-order valence-electron chi connectivity index (χ3n) is 7.41. The Balaban J connectivity index is 0.00000387. The van der Waals surface area contributed by atoms with E-state index in [1.165, 1.54) is 27.8 Å². The van der Waals surface area contributed by atoms with Gasteiger partial charge in [0.25, 0.3) is 15.9 Å². The Morgan fingerprint density at radius 1 is 1.05 bits per heavy atom. The largest absolute Gasteiger partial charge is 0.302 e. The van der Waals surface area contributed by atoms with Crippen LogP contribution >= 0.6 is 35.3 Å². The molecule has 3 aromatic carbocycles. The Bertz CT molecular complexity index is 1640. The SMILES string of the molecule is CCN(CC)CCN(C(=O)c1ccc(S(=O)(=O)N2CCCc3ccccc32)cc1)c1nc2c(C)cc(Cl)cc2s1.Cl. The zero-order valence-electron chi connectivity index (χ0n) is 23.3. The van der Waals surface area contributed by atoms with Crippen molar-refractivity contribution in [2.24, 2.45) is 0 Å². The molecule has 11 heteroatoms. The number of carbonyl (C=O) groups is 1. The molecule has 1 aliphatic rings. The third kappa shape index (κ3) is 6.39. The predicted molar refractivity (Wildman–Crippen MR) is 172 cm³/mol. The first-order chi connectivity index (χ1) is 19.2. The first-order valence-electron chi connectivity index (χ1n) is 13.5. The summed E-state index contributed by atoms with van der Waals surface area (Å²) in [7, 11) is -3.77. The van der Waals surface area contributed by atoms with Crippen molar-refractivity contribution in [3.05, 3.63) is 82.4 Å². The van der Waals surface area contributed by atoms with Crippen LogP contribution in [0, 0.1) is 6.92 Å². The molecule has 5 rings (SSSR count). The summed E-state index contributed by atoms with van der Waals surface area (Å²) in [5.74, 6) is -0.220. The normalized spacial score (nSPS) is 13.2. The summed E-state index contributed by atoms with van der Waals surface area (Å²) in [5.41, 5.74) is 3.94. The van der Waals surface area contributed by atoms with Crippen LogP contribution in [0.3, 0.4) is 0 Å². The van der Waals surface area contributed by atoms with Gasteiger partial charge in [0.15, 0.2) is 5.13 Å². The second kappa shape index (κ2) is 13.1. The zero-order chi connectivity index (χ0) is 28.4. The highest BCUT2D eigenvalue weighted by Crippen LogP contribution is 2.35. The summed E-state index contributed by atoms with van der Waals surface area (Å²) in [4.78, 5) is 22.8. The Morgan fingerprint density at radius 2 is 1.76 bits per heavy atom. The summed E-state index contributed by atoms with van der Waals surface area (Å²) in [5, 5.41) is 1.23. The van der Waals surface area contributed by atoms with Gasteiger partial charge in [0.2, 0.25) is 0 Å². The van der Waals surface area contributed by atoms with Crippen LogP contribution in [0.25, 0.3) is 10.2 Å². The molecule has 1 aliphatic heterocycles. The van der Waals surface area contributed by atoms with Crippen LogP contribution in [0.15, 0.2) is 65.6 Å². The van der Waals surface area contributed by atoms with Gasteiger partial charge in [-0.1, -0.05) is 55.0 Å². The number of likely N-dealkylation sites (N-methyl/N-ethyl adjacent to an activating group) is 1. The average molecular weight is 634 g/mol. The van der Waals surface area contributed by atoms with Crippen LogP contribution in [0.2, 0.25) is 5.02 Å². The first-order valence-corrected chi connectivity index (χ1v) is 16.2. The number of anilines is 2. The van der Waals surface area contributed by atoms with Gasteiger partial charge in [0.05, 0.1) is 20.8 Å². The van der Waals surface area contributed by atoms with Gasteiger partial charge in [-0.05, 0) is 86.4 Å².